The van der Waals surface area contributed by atoms with Gasteiger partial charge in [-0.2, -0.15) is 5.10 Å². The first-order valence-electron chi connectivity index (χ1n) is 5.97. The molecule has 0 aliphatic carbocycles. The Morgan fingerprint density at radius 3 is 3.18 bits per heavy atom. The van der Waals surface area contributed by atoms with Crippen molar-refractivity contribution in [2.45, 2.75) is 25.7 Å². The fourth-order valence-electron chi connectivity index (χ4n) is 2.37. The number of piperidine rings is 1. The number of aromatic nitrogens is 3. The third-order valence-electron chi connectivity index (χ3n) is 3.26. The highest BCUT2D eigenvalue weighted by molar-refractivity contribution is 9.10. The molecule has 2 aromatic rings. The Morgan fingerprint density at radius 1 is 1.53 bits per heavy atom. The molecule has 3 rings (SSSR count). The summed E-state index contributed by atoms with van der Waals surface area (Å²) in [5.41, 5.74) is 2.12. The Bertz CT molecular complexity index is 543. The van der Waals surface area contributed by atoms with Crippen molar-refractivity contribution in [3.8, 4) is 0 Å². The van der Waals surface area contributed by atoms with Gasteiger partial charge in [-0.25, -0.2) is 9.50 Å². The van der Waals surface area contributed by atoms with Gasteiger partial charge in [-0.1, -0.05) is 0 Å². The van der Waals surface area contributed by atoms with Crippen LogP contribution in [0.4, 0.5) is 0 Å². The number of pyridine rings is 1. The van der Waals surface area contributed by atoms with Crippen LogP contribution >= 0.6 is 15.9 Å². The lowest BCUT2D eigenvalue weighted by Crippen LogP contribution is -2.28. The molecule has 4 nitrogen and oxygen atoms in total. The molecule has 90 valence electrons. The zero-order chi connectivity index (χ0) is 11.8. The van der Waals surface area contributed by atoms with E-state index in [-0.39, 0.29) is 0 Å². The minimum Gasteiger partial charge on any atom is -0.316 e. The second kappa shape index (κ2) is 4.38. The monoisotopic (exact) mass is 294 g/mol. The quantitative estimate of drug-likeness (QED) is 0.877. The maximum absolute atomic E-state index is 4.67. The van der Waals surface area contributed by atoms with Gasteiger partial charge in [0.15, 0.2) is 11.5 Å². The Kier molecular flexibility index (Phi) is 2.88. The normalized spacial score (nSPS) is 20.9. The van der Waals surface area contributed by atoms with Crippen LogP contribution < -0.4 is 5.32 Å². The predicted molar refractivity (Wildman–Crippen MR) is 70.3 cm³/mol. The van der Waals surface area contributed by atoms with Crippen molar-refractivity contribution in [2.75, 3.05) is 13.1 Å². The average Bonchev–Trinajstić information content (AvgIpc) is 2.74. The molecule has 3 heterocycles. The van der Waals surface area contributed by atoms with Crippen LogP contribution in [0.15, 0.2) is 16.7 Å². The number of hydrogen-bond acceptors (Lipinski definition) is 3. The van der Waals surface area contributed by atoms with E-state index in [1.54, 1.807) is 0 Å². The Balaban J connectivity index is 2.03. The second-order valence-electron chi connectivity index (χ2n) is 4.62. The third kappa shape index (κ3) is 2.09. The molecule has 1 aliphatic heterocycles. The number of rotatable bonds is 1. The molecule has 0 amide bonds. The van der Waals surface area contributed by atoms with Gasteiger partial charge in [0.25, 0.3) is 0 Å². The van der Waals surface area contributed by atoms with Gasteiger partial charge in [-0.05, 0) is 53.9 Å². The summed E-state index contributed by atoms with van der Waals surface area (Å²) in [6.45, 7) is 4.18. The Hall–Kier alpha value is -0.940. The SMILES string of the molecule is Cc1cc(Br)cn2nc(C3CCCNC3)nc12. The largest absolute Gasteiger partial charge is 0.316 e. The summed E-state index contributed by atoms with van der Waals surface area (Å²) in [7, 11) is 0. The second-order valence-corrected chi connectivity index (χ2v) is 5.54. The Labute approximate surface area is 109 Å². The van der Waals surface area contributed by atoms with Crippen molar-refractivity contribution < 1.29 is 0 Å². The smallest absolute Gasteiger partial charge is 0.158 e. The summed E-state index contributed by atoms with van der Waals surface area (Å²) in [5.74, 6) is 1.43. The average molecular weight is 295 g/mol. The van der Waals surface area contributed by atoms with Crippen molar-refractivity contribution in [1.29, 1.82) is 0 Å². The van der Waals surface area contributed by atoms with Gasteiger partial charge in [0.2, 0.25) is 0 Å². The first kappa shape index (κ1) is 11.2. The maximum atomic E-state index is 4.67. The van der Waals surface area contributed by atoms with Gasteiger partial charge in [0.1, 0.15) is 0 Å². The van der Waals surface area contributed by atoms with Crippen LogP contribution in [0.5, 0.6) is 0 Å². The minimum absolute atomic E-state index is 0.460. The lowest BCUT2D eigenvalue weighted by atomic mass is 9.99. The topological polar surface area (TPSA) is 42.2 Å². The first-order chi connectivity index (χ1) is 8.24. The van der Waals surface area contributed by atoms with Crippen LogP contribution in [-0.2, 0) is 0 Å². The van der Waals surface area contributed by atoms with Gasteiger partial charge >= 0.3 is 0 Å². The molecule has 0 radical (unpaired) electrons. The Morgan fingerprint density at radius 2 is 2.41 bits per heavy atom. The van der Waals surface area contributed by atoms with Gasteiger partial charge in [-0.3, -0.25) is 0 Å². The van der Waals surface area contributed by atoms with E-state index in [1.165, 1.54) is 12.8 Å². The summed E-state index contributed by atoms with van der Waals surface area (Å²) < 4.78 is 2.92. The minimum atomic E-state index is 0.460. The molecular formula is C12H15BrN4. The highest BCUT2D eigenvalue weighted by atomic mass is 79.9. The standard InChI is InChI=1S/C12H15BrN4/c1-8-5-10(13)7-17-12(8)15-11(16-17)9-3-2-4-14-6-9/h5,7,9,14H,2-4,6H2,1H3. The zero-order valence-electron chi connectivity index (χ0n) is 9.78. The number of fused-ring (bicyclic) bond motifs is 1. The van der Waals surface area contributed by atoms with Gasteiger partial charge in [-0.15, -0.1) is 0 Å². The lowest BCUT2D eigenvalue weighted by Gasteiger charge is -2.19. The van der Waals surface area contributed by atoms with E-state index in [1.807, 2.05) is 10.7 Å². The van der Waals surface area contributed by atoms with E-state index >= 15 is 0 Å². The van der Waals surface area contributed by atoms with Crippen LogP contribution in [0.1, 0.15) is 30.1 Å². The molecule has 1 saturated heterocycles. The molecule has 0 bridgehead atoms. The van der Waals surface area contributed by atoms with E-state index in [0.717, 1.165) is 34.6 Å². The van der Waals surface area contributed by atoms with E-state index in [0.29, 0.717) is 5.92 Å². The van der Waals surface area contributed by atoms with Crippen LogP contribution in [0.2, 0.25) is 0 Å². The number of nitrogens with zero attached hydrogens (tertiary/aromatic N) is 3. The van der Waals surface area contributed by atoms with Crippen LogP contribution in [0.3, 0.4) is 0 Å². The van der Waals surface area contributed by atoms with Crippen LogP contribution in [-0.4, -0.2) is 27.7 Å². The molecule has 1 N–H and O–H groups in total. The summed E-state index contributed by atoms with van der Waals surface area (Å²) in [4.78, 5) is 4.67. The molecule has 1 aliphatic rings. The molecule has 17 heavy (non-hydrogen) atoms. The maximum Gasteiger partial charge on any atom is 0.158 e. The number of nitrogens with one attached hydrogen (secondary N) is 1. The molecule has 1 fully saturated rings. The van der Waals surface area contributed by atoms with Gasteiger partial charge < -0.3 is 5.32 Å². The van der Waals surface area contributed by atoms with Gasteiger partial charge in [0.05, 0.1) is 0 Å². The van der Waals surface area contributed by atoms with Crippen molar-refractivity contribution in [1.82, 2.24) is 19.9 Å². The molecule has 0 aromatic carbocycles. The fourth-order valence-corrected chi connectivity index (χ4v) is 2.91. The van der Waals surface area contributed by atoms with Crippen LogP contribution in [0, 0.1) is 6.92 Å². The lowest BCUT2D eigenvalue weighted by molar-refractivity contribution is 0.447. The van der Waals surface area contributed by atoms with E-state index in [2.05, 4.69) is 44.3 Å². The first-order valence-corrected chi connectivity index (χ1v) is 6.76. The van der Waals surface area contributed by atoms with E-state index in [9.17, 15) is 0 Å². The number of halogens is 1. The molecule has 0 spiro atoms. The van der Waals surface area contributed by atoms with Crippen molar-refractivity contribution >= 4 is 21.6 Å². The third-order valence-corrected chi connectivity index (χ3v) is 3.70. The molecular weight excluding hydrogens is 280 g/mol. The predicted octanol–water partition coefficient (Wildman–Crippen LogP) is 2.27. The van der Waals surface area contributed by atoms with E-state index < -0.39 is 0 Å². The van der Waals surface area contributed by atoms with Gasteiger partial charge in [0, 0.05) is 23.1 Å². The molecule has 0 saturated carbocycles. The summed E-state index contributed by atoms with van der Waals surface area (Å²) >= 11 is 3.49. The van der Waals surface area contributed by atoms with Crippen LogP contribution in [0.25, 0.3) is 5.65 Å². The van der Waals surface area contributed by atoms with E-state index in [4.69, 9.17) is 0 Å². The van der Waals surface area contributed by atoms with Crippen molar-refractivity contribution in [3.63, 3.8) is 0 Å². The fraction of sp³-hybridized carbons (Fsp3) is 0.500. The molecule has 1 unspecified atom stereocenters. The number of aryl methyl sites for hydroxylation is 1. The highest BCUT2D eigenvalue weighted by Crippen LogP contribution is 2.22. The summed E-state index contributed by atoms with van der Waals surface area (Å²) in [6, 6.07) is 2.08. The molecule has 5 heteroatoms. The van der Waals surface area contributed by atoms with Crippen molar-refractivity contribution in [3.05, 3.63) is 28.1 Å². The number of hydrogen-bond donors (Lipinski definition) is 1. The highest BCUT2D eigenvalue weighted by Gasteiger charge is 2.20. The molecule has 1 atom stereocenters. The summed E-state index contributed by atoms with van der Waals surface area (Å²) in [6.07, 6.45) is 4.36. The van der Waals surface area contributed by atoms with Crippen molar-refractivity contribution in [2.24, 2.45) is 0 Å². The summed E-state index contributed by atoms with van der Waals surface area (Å²) in [5, 5.41) is 8.00. The molecule has 2 aromatic heterocycles. The zero-order valence-corrected chi connectivity index (χ0v) is 11.4.